The van der Waals surface area contributed by atoms with E-state index < -0.39 is 5.97 Å². The largest absolute Gasteiger partial charge is 0.459 e. The van der Waals surface area contributed by atoms with Gasteiger partial charge in [-0.3, -0.25) is 0 Å². The minimum absolute atomic E-state index is 0.222. The third-order valence-corrected chi connectivity index (χ3v) is 2.58. The summed E-state index contributed by atoms with van der Waals surface area (Å²) in [5.41, 5.74) is 6.36. The molecule has 1 aromatic carbocycles. The predicted molar refractivity (Wildman–Crippen MR) is 67.2 cm³/mol. The zero-order chi connectivity index (χ0) is 12.8. The van der Waals surface area contributed by atoms with E-state index in [2.05, 4.69) is 0 Å². The van der Waals surface area contributed by atoms with E-state index in [4.69, 9.17) is 26.8 Å². The first-order valence-corrected chi connectivity index (χ1v) is 5.67. The lowest BCUT2D eigenvalue weighted by atomic mass is 10.2. The Kier molecular flexibility index (Phi) is 5.25. The number of nitrogen functional groups attached to an aromatic ring is 1. The number of hydrogen-bond donors (Lipinski definition) is 1. The van der Waals surface area contributed by atoms with Gasteiger partial charge in [0.2, 0.25) is 0 Å². The number of hydrogen-bond acceptors (Lipinski definition) is 4. The van der Waals surface area contributed by atoms with Crippen LogP contribution in [0.15, 0.2) is 18.2 Å². The summed E-state index contributed by atoms with van der Waals surface area (Å²) in [5.74, 6) is -0.467. The Hall–Kier alpha value is -1.26. The molecule has 5 heteroatoms. The molecular formula is C12H16ClNO3. The number of methoxy groups -OCH3 is 1. The van der Waals surface area contributed by atoms with Crippen LogP contribution in [-0.4, -0.2) is 25.8 Å². The van der Waals surface area contributed by atoms with E-state index >= 15 is 0 Å². The molecule has 1 unspecified atom stereocenters. The summed E-state index contributed by atoms with van der Waals surface area (Å²) >= 11 is 5.90. The number of nitrogens with two attached hydrogens (primary N) is 1. The van der Waals surface area contributed by atoms with Crippen LogP contribution < -0.4 is 5.73 Å². The average molecular weight is 258 g/mol. The molecule has 1 aromatic rings. The molecule has 1 atom stereocenters. The van der Waals surface area contributed by atoms with Crippen molar-refractivity contribution in [2.24, 2.45) is 0 Å². The minimum Gasteiger partial charge on any atom is -0.459 e. The predicted octanol–water partition coefficient (Wildman–Crippen LogP) is 2.50. The molecule has 0 saturated carbocycles. The van der Waals surface area contributed by atoms with E-state index in [1.807, 2.05) is 0 Å². The normalized spacial score (nSPS) is 12.2. The van der Waals surface area contributed by atoms with Crippen molar-refractivity contribution in [3.05, 3.63) is 28.8 Å². The van der Waals surface area contributed by atoms with Gasteiger partial charge >= 0.3 is 5.97 Å². The highest BCUT2D eigenvalue weighted by atomic mass is 35.5. The van der Waals surface area contributed by atoms with Crippen molar-refractivity contribution in [2.75, 3.05) is 19.5 Å². The summed E-state index contributed by atoms with van der Waals surface area (Å²) in [7, 11) is 1.60. The second-order valence-electron chi connectivity index (χ2n) is 3.74. The SMILES string of the molecule is COCCC(C)OC(=O)c1cc(N)ccc1Cl. The Morgan fingerprint density at radius 3 is 2.88 bits per heavy atom. The molecule has 1 rings (SSSR count). The van der Waals surface area contributed by atoms with Crippen LogP contribution in [0.3, 0.4) is 0 Å². The van der Waals surface area contributed by atoms with Gasteiger partial charge < -0.3 is 15.2 Å². The highest BCUT2D eigenvalue weighted by Crippen LogP contribution is 2.20. The second-order valence-corrected chi connectivity index (χ2v) is 4.14. The summed E-state index contributed by atoms with van der Waals surface area (Å²) in [4.78, 5) is 11.8. The van der Waals surface area contributed by atoms with Gasteiger partial charge in [0.25, 0.3) is 0 Å². The molecule has 0 aliphatic heterocycles. The van der Waals surface area contributed by atoms with Gasteiger partial charge in [0.1, 0.15) is 6.10 Å². The van der Waals surface area contributed by atoms with Gasteiger partial charge in [-0.15, -0.1) is 0 Å². The number of esters is 1. The third-order valence-electron chi connectivity index (χ3n) is 2.25. The van der Waals surface area contributed by atoms with Gasteiger partial charge in [-0.1, -0.05) is 11.6 Å². The molecule has 0 fully saturated rings. The summed E-state index contributed by atoms with van der Waals surface area (Å²) in [6.45, 7) is 2.34. The number of benzene rings is 1. The highest BCUT2D eigenvalue weighted by molar-refractivity contribution is 6.33. The second kappa shape index (κ2) is 6.47. The monoisotopic (exact) mass is 257 g/mol. The molecule has 0 aliphatic carbocycles. The lowest BCUT2D eigenvalue weighted by molar-refractivity contribution is 0.0267. The first kappa shape index (κ1) is 13.8. The van der Waals surface area contributed by atoms with Crippen LogP contribution in [0.4, 0.5) is 5.69 Å². The Morgan fingerprint density at radius 2 is 2.24 bits per heavy atom. The number of ether oxygens (including phenoxy) is 2. The molecule has 0 aliphatic rings. The maximum Gasteiger partial charge on any atom is 0.339 e. The van der Waals surface area contributed by atoms with Crippen molar-refractivity contribution in [1.82, 2.24) is 0 Å². The lowest BCUT2D eigenvalue weighted by Crippen LogP contribution is -2.17. The minimum atomic E-state index is -0.467. The Balaban J connectivity index is 2.66. The summed E-state index contributed by atoms with van der Waals surface area (Å²) < 4.78 is 10.1. The van der Waals surface area contributed by atoms with Gasteiger partial charge in [-0.2, -0.15) is 0 Å². The zero-order valence-corrected chi connectivity index (χ0v) is 10.7. The van der Waals surface area contributed by atoms with E-state index in [-0.39, 0.29) is 11.7 Å². The number of carbonyl (C=O) groups excluding carboxylic acids is 1. The maximum absolute atomic E-state index is 11.8. The molecule has 0 spiro atoms. The molecule has 0 amide bonds. The topological polar surface area (TPSA) is 61.5 Å². The zero-order valence-electron chi connectivity index (χ0n) is 9.90. The fourth-order valence-electron chi connectivity index (χ4n) is 1.29. The fraction of sp³-hybridized carbons (Fsp3) is 0.417. The quantitative estimate of drug-likeness (QED) is 0.650. The van der Waals surface area contributed by atoms with Crippen LogP contribution in [0.25, 0.3) is 0 Å². The van der Waals surface area contributed by atoms with E-state index in [9.17, 15) is 4.79 Å². The molecule has 0 radical (unpaired) electrons. The molecule has 94 valence electrons. The summed E-state index contributed by atoms with van der Waals surface area (Å²) in [6.07, 6.45) is 0.419. The number of rotatable bonds is 5. The van der Waals surface area contributed by atoms with Crippen molar-refractivity contribution in [3.63, 3.8) is 0 Å². The van der Waals surface area contributed by atoms with Crippen molar-refractivity contribution in [3.8, 4) is 0 Å². The van der Waals surface area contributed by atoms with Crippen LogP contribution in [0.1, 0.15) is 23.7 Å². The molecule has 0 heterocycles. The number of anilines is 1. The van der Waals surface area contributed by atoms with Crippen molar-refractivity contribution >= 4 is 23.3 Å². The van der Waals surface area contributed by atoms with Gasteiger partial charge in [0, 0.05) is 25.8 Å². The molecule has 17 heavy (non-hydrogen) atoms. The van der Waals surface area contributed by atoms with E-state index in [1.165, 1.54) is 6.07 Å². The highest BCUT2D eigenvalue weighted by Gasteiger charge is 2.15. The fourth-order valence-corrected chi connectivity index (χ4v) is 1.48. The van der Waals surface area contributed by atoms with Crippen molar-refractivity contribution < 1.29 is 14.3 Å². The molecule has 2 N–H and O–H groups in total. The van der Waals surface area contributed by atoms with Gasteiger partial charge in [-0.05, 0) is 25.1 Å². The maximum atomic E-state index is 11.8. The van der Waals surface area contributed by atoms with Crippen LogP contribution >= 0.6 is 11.6 Å². The first-order chi connectivity index (χ1) is 8.04. The van der Waals surface area contributed by atoms with Crippen LogP contribution in [0.2, 0.25) is 5.02 Å². The van der Waals surface area contributed by atoms with E-state index in [0.29, 0.717) is 23.7 Å². The molecule has 0 bridgehead atoms. The average Bonchev–Trinajstić information content (AvgIpc) is 2.29. The molecule has 4 nitrogen and oxygen atoms in total. The lowest BCUT2D eigenvalue weighted by Gasteiger charge is -2.13. The summed E-state index contributed by atoms with van der Waals surface area (Å²) in [5, 5.41) is 0.336. The number of carbonyl (C=O) groups is 1. The Morgan fingerprint density at radius 1 is 1.53 bits per heavy atom. The van der Waals surface area contributed by atoms with Crippen LogP contribution in [0.5, 0.6) is 0 Å². The third kappa shape index (κ3) is 4.24. The first-order valence-electron chi connectivity index (χ1n) is 5.29. The van der Waals surface area contributed by atoms with Gasteiger partial charge in [0.15, 0.2) is 0 Å². The Labute approximate surface area is 106 Å². The van der Waals surface area contributed by atoms with E-state index in [0.717, 1.165) is 0 Å². The van der Waals surface area contributed by atoms with Crippen molar-refractivity contribution in [2.45, 2.75) is 19.4 Å². The van der Waals surface area contributed by atoms with Gasteiger partial charge in [0.05, 0.1) is 10.6 Å². The smallest absolute Gasteiger partial charge is 0.339 e. The molecular weight excluding hydrogens is 242 g/mol. The van der Waals surface area contributed by atoms with E-state index in [1.54, 1.807) is 26.2 Å². The molecule has 0 saturated heterocycles. The van der Waals surface area contributed by atoms with Crippen LogP contribution in [-0.2, 0) is 9.47 Å². The van der Waals surface area contributed by atoms with Gasteiger partial charge in [-0.25, -0.2) is 4.79 Å². The standard InChI is InChI=1S/C12H16ClNO3/c1-8(5-6-16-2)17-12(15)10-7-9(14)3-4-11(10)13/h3-4,7-8H,5-6,14H2,1-2H3. The van der Waals surface area contributed by atoms with Crippen molar-refractivity contribution in [1.29, 1.82) is 0 Å². The molecule has 0 aromatic heterocycles. The summed E-state index contributed by atoms with van der Waals surface area (Å²) in [6, 6.07) is 4.72. The van der Waals surface area contributed by atoms with Crippen LogP contribution in [0, 0.1) is 0 Å². The number of halogens is 1. The Bertz CT molecular complexity index is 395.